The predicted octanol–water partition coefficient (Wildman–Crippen LogP) is 3.37. The molecule has 0 bridgehead atoms. The molecule has 0 aromatic heterocycles. The van der Waals surface area contributed by atoms with Gasteiger partial charge in [0.05, 0.1) is 12.5 Å². The molecule has 1 heterocycles. The highest BCUT2D eigenvalue weighted by Gasteiger charge is 2.26. The Morgan fingerprint density at radius 2 is 2.20 bits per heavy atom. The monoisotopic (exact) mass is 302 g/mol. The van der Waals surface area contributed by atoms with E-state index >= 15 is 0 Å². The molecule has 1 saturated heterocycles. The summed E-state index contributed by atoms with van der Waals surface area (Å²) in [5.74, 6) is -0.342. The van der Waals surface area contributed by atoms with Crippen molar-refractivity contribution in [1.82, 2.24) is 0 Å². The lowest BCUT2D eigenvalue weighted by molar-refractivity contribution is -0.160. The number of carbonyl (C=O) groups is 1. The normalized spacial score (nSPS) is 21.5. The summed E-state index contributed by atoms with van der Waals surface area (Å²) in [6.07, 6.45) is 4.22. The van der Waals surface area contributed by atoms with Crippen molar-refractivity contribution in [3.8, 4) is 0 Å². The van der Waals surface area contributed by atoms with Crippen molar-refractivity contribution in [2.45, 2.75) is 64.8 Å². The molecular weight excluding hydrogens is 272 g/mol. The largest absolute Gasteiger partial charge is 0.460 e. The Balaban J connectivity index is 2.26. The first-order valence-electron chi connectivity index (χ1n) is 7.87. The van der Waals surface area contributed by atoms with Crippen LogP contribution in [0.5, 0.6) is 0 Å². The highest BCUT2D eigenvalue weighted by Crippen LogP contribution is 2.17. The maximum Gasteiger partial charge on any atom is 0.311 e. The van der Waals surface area contributed by atoms with Crippen LogP contribution in [-0.2, 0) is 18.7 Å². The standard InChI is InChI=1S/C15H30O4Si/c1-5-6-10-20(3,4)18-11-13(2)15(16)19-14-8-7-9-17-12-14/h13-14H,5-12H2,1-4H3. The maximum atomic E-state index is 12.0. The molecule has 1 rings (SSSR count). The zero-order valence-electron chi connectivity index (χ0n) is 13.4. The van der Waals surface area contributed by atoms with E-state index in [2.05, 4.69) is 20.0 Å². The Bertz CT molecular complexity index is 288. The third kappa shape index (κ3) is 6.86. The smallest absolute Gasteiger partial charge is 0.311 e. The second-order valence-electron chi connectivity index (χ2n) is 6.35. The summed E-state index contributed by atoms with van der Waals surface area (Å²) in [6, 6.07) is 1.15. The fourth-order valence-electron chi connectivity index (χ4n) is 2.18. The SMILES string of the molecule is CCCC[Si](C)(C)OCC(C)C(=O)OC1CCCOC1. The molecule has 2 atom stereocenters. The van der Waals surface area contributed by atoms with Crippen molar-refractivity contribution < 1.29 is 18.7 Å². The van der Waals surface area contributed by atoms with Gasteiger partial charge >= 0.3 is 5.97 Å². The van der Waals surface area contributed by atoms with Crippen molar-refractivity contribution in [3.63, 3.8) is 0 Å². The van der Waals surface area contributed by atoms with Crippen LogP contribution >= 0.6 is 0 Å². The molecule has 1 aliphatic rings. The Morgan fingerprint density at radius 3 is 2.80 bits per heavy atom. The van der Waals surface area contributed by atoms with Crippen LogP contribution in [0.25, 0.3) is 0 Å². The first-order valence-corrected chi connectivity index (χ1v) is 11.0. The Labute approximate surface area is 124 Å². The Kier molecular flexibility index (Phi) is 7.77. The van der Waals surface area contributed by atoms with Crippen molar-refractivity contribution in [3.05, 3.63) is 0 Å². The highest BCUT2D eigenvalue weighted by molar-refractivity contribution is 6.71. The summed E-state index contributed by atoms with van der Waals surface area (Å²) < 4.78 is 16.8. The first kappa shape index (κ1) is 17.7. The number of esters is 1. The Morgan fingerprint density at radius 1 is 1.45 bits per heavy atom. The van der Waals surface area contributed by atoms with Gasteiger partial charge < -0.3 is 13.9 Å². The molecule has 20 heavy (non-hydrogen) atoms. The minimum Gasteiger partial charge on any atom is -0.460 e. The van der Waals surface area contributed by atoms with Gasteiger partial charge in [0.15, 0.2) is 8.32 Å². The zero-order valence-corrected chi connectivity index (χ0v) is 14.4. The van der Waals surface area contributed by atoms with E-state index in [1.165, 1.54) is 12.8 Å². The maximum absolute atomic E-state index is 12.0. The van der Waals surface area contributed by atoms with Crippen LogP contribution in [0.4, 0.5) is 0 Å². The summed E-state index contributed by atoms with van der Waals surface area (Å²) >= 11 is 0. The zero-order chi connectivity index (χ0) is 15.0. The van der Waals surface area contributed by atoms with Gasteiger partial charge in [-0.25, -0.2) is 0 Å². The molecule has 1 fully saturated rings. The molecular formula is C15H30O4Si. The fourth-order valence-corrected chi connectivity index (χ4v) is 4.23. The van der Waals surface area contributed by atoms with Crippen molar-refractivity contribution in [2.75, 3.05) is 19.8 Å². The van der Waals surface area contributed by atoms with E-state index in [9.17, 15) is 4.79 Å². The summed E-state index contributed by atoms with van der Waals surface area (Å²) in [5, 5.41) is 0. The molecule has 4 nitrogen and oxygen atoms in total. The lowest BCUT2D eigenvalue weighted by Crippen LogP contribution is -2.35. The van der Waals surface area contributed by atoms with E-state index in [-0.39, 0.29) is 18.0 Å². The topological polar surface area (TPSA) is 44.8 Å². The van der Waals surface area contributed by atoms with Crippen molar-refractivity contribution in [1.29, 1.82) is 0 Å². The van der Waals surface area contributed by atoms with Crippen LogP contribution in [0.2, 0.25) is 19.1 Å². The Hall–Kier alpha value is -0.393. The molecule has 1 aliphatic heterocycles. The van der Waals surface area contributed by atoms with E-state index < -0.39 is 8.32 Å². The molecule has 0 aromatic rings. The second-order valence-corrected chi connectivity index (χ2v) is 10.7. The number of unbranched alkanes of at least 4 members (excludes halogenated alkanes) is 1. The third-order valence-corrected chi connectivity index (χ3v) is 6.17. The van der Waals surface area contributed by atoms with Gasteiger partial charge in [0, 0.05) is 13.2 Å². The summed E-state index contributed by atoms with van der Waals surface area (Å²) in [6.45, 7) is 10.3. The van der Waals surface area contributed by atoms with E-state index in [4.69, 9.17) is 13.9 Å². The number of ether oxygens (including phenoxy) is 2. The van der Waals surface area contributed by atoms with Crippen LogP contribution in [-0.4, -0.2) is 40.2 Å². The third-order valence-electron chi connectivity index (χ3n) is 3.66. The van der Waals surface area contributed by atoms with Gasteiger partial charge in [-0.15, -0.1) is 0 Å². The number of hydrogen-bond acceptors (Lipinski definition) is 4. The van der Waals surface area contributed by atoms with Crippen LogP contribution < -0.4 is 0 Å². The molecule has 0 aromatic carbocycles. The molecule has 0 amide bonds. The molecule has 118 valence electrons. The summed E-state index contributed by atoms with van der Waals surface area (Å²) in [4.78, 5) is 12.0. The predicted molar refractivity (Wildman–Crippen MR) is 82.2 cm³/mol. The van der Waals surface area contributed by atoms with E-state index in [0.29, 0.717) is 13.2 Å². The van der Waals surface area contributed by atoms with Crippen molar-refractivity contribution >= 4 is 14.3 Å². The molecule has 0 spiro atoms. The minimum absolute atomic E-state index is 0.0657. The fraction of sp³-hybridized carbons (Fsp3) is 0.933. The first-order chi connectivity index (χ1) is 9.44. The minimum atomic E-state index is -1.62. The van der Waals surface area contributed by atoms with Gasteiger partial charge in [-0.2, -0.15) is 0 Å². The van der Waals surface area contributed by atoms with Gasteiger partial charge in [0.25, 0.3) is 0 Å². The van der Waals surface area contributed by atoms with Gasteiger partial charge in [-0.3, -0.25) is 4.79 Å². The van der Waals surface area contributed by atoms with E-state index in [1.54, 1.807) is 0 Å². The van der Waals surface area contributed by atoms with Gasteiger partial charge in [-0.1, -0.05) is 19.8 Å². The summed E-state index contributed by atoms with van der Waals surface area (Å²) in [5.41, 5.74) is 0. The molecule has 0 aliphatic carbocycles. The van der Waals surface area contributed by atoms with E-state index in [1.807, 2.05) is 6.92 Å². The molecule has 0 radical (unpaired) electrons. The second kappa shape index (κ2) is 8.80. The highest BCUT2D eigenvalue weighted by atomic mass is 28.4. The average Bonchev–Trinajstić information content (AvgIpc) is 2.44. The molecule has 0 N–H and O–H groups in total. The lowest BCUT2D eigenvalue weighted by Gasteiger charge is -2.26. The summed E-state index contributed by atoms with van der Waals surface area (Å²) in [7, 11) is -1.62. The number of hydrogen-bond donors (Lipinski definition) is 0. The molecule has 5 heteroatoms. The molecule has 0 saturated carbocycles. The van der Waals surface area contributed by atoms with Gasteiger partial charge in [-0.05, 0) is 38.9 Å². The molecule has 2 unspecified atom stereocenters. The van der Waals surface area contributed by atoms with Crippen LogP contribution in [0, 0.1) is 5.92 Å². The van der Waals surface area contributed by atoms with Crippen LogP contribution in [0.15, 0.2) is 0 Å². The van der Waals surface area contributed by atoms with Crippen LogP contribution in [0.1, 0.15) is 39.5 Å². The van der Waals surface area contributed by atoms with E-state index in [0.717, 1.165) is 25.5 Å². The van der Waals surface area contributed by atoms with Crippen molar-refractivity contribution in [2.24, 2.45) is 5.92 Å². The number of rotatable bonds is 8. The van der Waals surface area contributed by atoms with Gasteiger partial charge in [0.2, 0.25) is 0 Å². The number of carbonyl (C=O) groups excluding carboxylic acids is 1. The lowest BCUT2D eigenvalue weighted by atomic mass is 10.1. The van der Waals surface area contributed by atoms with Gasteiger partial charge in [0.1, 0.15) is 6.10 Å². The quantitative estimate of drug-likeness (QED) is 0.509. The van der Waals surface area contributed by atoms with Crippen LogP contribution in [0.3, 0.4) is 0 Å². The average molecular weight is 302 g/mol.